The van der Waals surface area contributed by atoms with Crippen molar-refractivity contribution >= 4 is 17.7 Å². The van der Waals surface area contributed by atoms with E-state index < -0.39 is 35.6 Å². The van der Waals surface area contributed by atoms with E-state index in [9.17, 15) is 31.1 Å². The Morgan fingerprint density at radius 2 is 1.78 bits per heavy atom. The van der Waals surface area contributed by atoms with E-state index in [0.29, 0.717) is 42.8 Å². The molecule has 1 unspecified atom stereocenters. The monoisotopic (exact) mass is 582 g/mol. The number of fused-ring (bicyclic) bond motifs is 3. The van der Waals surface area contributed by atoms with Crippen LogP contribution in [-0.2, 0) is 36.5 Å². The van der Waals surface area contributed by atoms with Gasteiger partial charge in [-0.3, -0.25) is 4.90 Å². The molecule has 0 spiro atoms. The zero-order valence-electron chi connectivity index (χ0n) is 22.3. The lowest BCUT2D eigenvalue weighted by Crippen LogP contribution is -2.35. The van der Waals surface area contributed by atoms with Crippen molar-refractivity contribution in [2.24, 2.45) is 0 Å². The SMILES string of the molecule is CC(C)OC(=O)N1CCCC(N(Cc2cc(C(F)(F)F)cc(C(F)(F)F)c2)c2nn[nH]n2)c2ccc3c(c21)CCC3. The third kappa shape index (κ3) is 5.96. The van der Waals surface area contributed by atoms with E-state index in [4.69, 9.17) is 4.74 Å². The molecule has 0 saturated heterocycles. The number of carbonyl (C=O) groups excluding carboxylic acids is 1. The number of amides is 1. The van der Waals surface area contributed by atoms with Gasteiger partial charge in [0.15, 0.2) is 0 Å². The van der Waals surface area contributed by atoms with Crippen molar-refractivity contribution in [1.82, 2.24) is 20.6 Å². The van der Waals surface area contributed by atoms with Crippen molar-refractivity contribution in [1.29, 1.82) is 0 Å². The van der Waals surface area contributed by atoms with Crippen molar-refractivity contribution < 1.29 is 35.9 Å². The molecule has 0 bridgehead atoms. The van der Waals surface area contributed by atoms with Gasteiger partial charge < -0.3 is 9.64 Å². The number of anilines is 2. The molecule has 220 valence electrons. The van der Waals surface area contributed by atoms with Crippen LogP contribution in [0.3, 0.4) is 0 Å². The van der Waals surface area contributed by atoms with Gasteiger partial charge in [-0.2, -0.15) is 31.6 Å². The molecule has 1 aromatic heterocycles. The average Bonchev–Trinajstić information content (AvgIpc) is 3.55. The van der Waals surface area contributed by atoms with Gasteiger partial charge in [-0.25, -0.2) is 4.79 Å². The summed E-state index contributed by atoms with van der Waals surface area (Å²) < 4.78 is 87.2. The summed E-state index contributed by atoms with van der Waals surface area (Å²) in [7, 11) is 0. The number of nitrogens with zero attached hydrogens (tertiary/aromatic N) is 5. The van der Waals surface area contributed by atoms with E-state index in [1.807, 2.05) is 12.1 Å². The number of carbonyl (C=O) groups is 1. The summed E-state index contributed by atoms with van der Waals surface area (Å²) in [5.41, 5.74) is 0.402. The number of benzene rings is 2. The summed E-state index contributed by atoms with van der Waals surface area (Å²) in [6.07, 6.45) is -7.51. The van der Waals surface area contributed by atoms with E-state index in [0.717, 1.165) is 30.4 Å². The van der Waals surface area contributed by atoms with Crippen LogP contribution in [0.2, 0.25) is 0 Å². The predicted octanol–water partition coefficient (Wildman–Crippen LogP) is 6.62. The predicted molar refractivity (Wildman–Crippen MR) is 136 cm³/mol. The van der Waals surface area contributed by atoms with Crippen molar-refractivity contribution in [3.8, 4) is 0 Å². The van der Waals surface area contributed by atoms with Crippen LogP contribution < -0.4 is 9.80 Å². The van der Waals surface area contributed by atoms with Crippen molar-refractivity contribution in [3.63, 3.8) is 0 Å². The first-order valence-electron chi connectivity index (χ1n) is 13.2. The summed E-state index contributed by atoms with van der Waals surface area (Å²) in [5, 5.41) is 14.0. The zero-order chi connectivity index (χ0) is 29.5. The minimum absolute atomic E-state index is 0.00521. The molecule has 1 aliphatic heterocycles. The van der Waals surface area contributed by atoms with Crippen LogP contribution in [0.5, 0.6) is 0 Å². The minimum Gasteiger partial charge on any atom is -0.446 e. The molecule has 5 rings (SSSR count). The van der Waals surface area contributed by atoms with Gasteiger partial charge in [0.2, 0.25) is 0 Å². The van der Waals surface area contributed by atoms with Crippen LogP contribution in [0.4, 0.5) is 42.8 Å². The summed E-state index contributed by atoms with van der Waals surface area (Å²) in [4.78, 5) is 16.4. The van der Waals surface area contributed by atoms with Crippen LogP contribution in [0, 0.1) is 0 Å². The smallest absolute Gasteiger partial charge is 0.416 e. The topological polar surface area (TPSA) is 87.2 Å². The molecule has 8 nitrogen and oxygen atoms in total. The first-order valence-corrected chi connectivity index (χ1v) is 13.2. The van der Waals surface area contributed by atoms with Crippen LogP contribution >= 0.6 is 0 Å². The number of aromatic amines is 1. The largest absolute Gasteiger partial charge is 0.446 e. The van der Waals surface area contributed by atoms with Gasteiger partial charge in [-0.1, -0.05) is 17.2 Å². The molecule has 2 aliphatic rings. The van der Waals surface area contributed by atoms with Crippen LogP contribution in [0.25, 0.3) is 0 Å². The molecule has 41 heavy (non-hydrogen) atoms. The first kappa shape index (κ1) is 28.7. The number of aryl methyl sites for hydroxylation is 1. The van der Waals surface area contributed by atoms with E-state index in [2.05, 4.69) is 20.6 Å². The van der Waals surface area contributed by atoms with E-state index in [1.165, 1.54) is 4.90 Å². The first-order chi connectivity index (χ1) is 19.3. The zero-order valence-corrected chi connectivity index (χ0v) is 22.3. The number of H-pyrrole nitrogens is 1. The lowest BCUT2D eigenvalue weighted by Gasteiger charge is -2.33. The molecule has 2 heterocycles. The van der Waals surface area contributed by atoms with Crippen molar-refractivity contribution in [3.05, 3.63) is 63.7 Å². The molecule has 1 N–H and O–H groups in total. The molecular weight excluding hydrogens is 554 g/mol. The maximum Gasteiger partial charge on any atom is 0.416 e. The molecule has 3 aromatic rings. The number of nitrogens with one attached hydrogen (secondary N) is 1. The number of rotatable bonds is 5. The molecule has 0 radical (unpaired) electrons. The molecule has 1 amide bonds. The highest BCUT2D eigenvalue weighted by molar-refractivity contribution is 5.91. The number of hydrogen-bond donors (Lipinski definition) is 1. The maximum absolute atomic E-state index is 13.6. The van der Waals surface area contributed by atoms with E-state index >= 15 is 0 Å². The summed E-state index contributed by atoms with van der Waals surface area (Å²) >= 11 is 0. The Morgan fingerprint density at radius 1 is 1.07 bits per heavy atom. The van der Waals surface area contributed by atoms with Gasteiger partial charge in [-0.05, 0) is 91.6 Å². The standard InChI is InChI=1S/C27H28F6N6O2/c1-15(2)41-25(40)38-10-4-7-22(21-9-8-17-5-3-6-20(17)23(21)38)39(24-34-36-37-35-24)14-16-11-18(26(28,29)30)13-19(12-16)27(31,32)33/h8-9,11-13,15,22H,3-7,10,14H2,1-2H3,(H,34,35,36,37). The van der Waals surface area contributed by atoms with Gasteiger partial charge in [0.25, 0.3) is 5.95 Å². The second-order valence-electron chi connectivity index (χ2n) is 10.5. The minimum atomic E-state index is -4.99. The van der Waals surface area contributed by atoms with Crippen molar-refractivity contribution in [2.45, 2.75) is 77.0 Å². The molecule has 0 saturated carbocycles. The molecular formula is C27H28F6N6O2. The lowest BCUT2D eigenvalue weighted by atomic mass is 9.94. The quantitative estimate of drug-likeness (QED) is 0.341. The van der Waals surface area contributed by atoms with Gasteiger partial charge in [-0.15, -0.1) is 5.10 Å². The maximum atomic E-state index is 13.6. The molecule has 1 aliphatic carbocycles. The van der Waals surface area contributed by atoms with Gasteiger partial charge in [0, 0.05) is 13.1 Å². The van der Waals surface area contributed by atoms with E-state index in [1.54, 1.807) is 18.7 Å². The van der Waals surface area contributed by atoms with Gasteiger partial charge >= 0.3 is 18.4 Å². The molecule has 2 aromatic carbocycles. The normalized spacial score (nSPS) is 17.3. The number of hydrogen-bond acceptors (Lipinski definition) is 6. The summed E-state index contributed by atoms with van der Waals surface area (Å²) in [5.74, 6) is 0.00521. The van der Waals surface area contributed by atoms with Crippen LogP contribution in [0.1, 0.15) is 72.5 Å². The van der Waals surface area contributed by atoms with Gasteiger partial charge in [0.05, 0.1) is 29.0 Å². The van der Waals surface area contributed by atoms with E-state index in [-0.39, 0.29) is 30.2 Å². The Labute approximate surface area is 231 Å². The second-order valence-corrected chi connectivity index (χ2v) is 10.5. The number of ether oxygens (including phenoxy) is 1. The number of alkyl halides is 6. The molecule has 0 fully saturated rings. The third-order valence-corrected chi connectivity index (χ3v) is 7.30. The van der Waals surface area contributed by atoms with Crippen LogP contribution in [-0.4, -0.2) is 39.4 Å². The summed E-state index contributed by atoms with van der Waals surface area (Å²) in [6.45, 7) is 3.45. The summed E-state index contributed by atoms with van der Waals surface area (Å²) in [6, 6.07) is 4.75. The van der Waals surface area contributed by atoms with Crippen molar-refractivity contribution in [2.75, 3.05) is 16.3 Å². The highest BCUT2D eigenvalue weighted by atomic mass is 19.4. The highest BCUT2D eigenvalue weighted by Gasteiger charge is 2.39. The number of halogens is 6. The second kappa shape index (κ2) is 10.9. The Hall–Kier alpha value is -3.84. The fraction of sp³-hybridized carbons (Fsp3) is 0.481. The fourth-order valence-electron chi connectivity index (χ4n) is 5.64. The molecule has 14 heteroatoms. The number of aromatic nitrogens is 4. The van der Waals surface area contributed by atoms with Crippen LogP contribution in [0.15, 0.2) is 30.3 Å². The highest BCUT2D eigenvalue weighted by Crippen LogP contribution is 2.45. The Morgan fingerprint density at radius 3 is 2.39 bits per heavy atom. The Kier molecular flexibility index (Phi) is 7.60. The molecule has 1 atom stereocenters. The third-order valence-electron chi connectivity index (χ3n) is 7.30. The Balaban J connectivity index is 1.63. The number of tetrazole rings is 1. The van der Waals surface area contributed by atoms with Gasteiger partial charge in [0.1, 0.15) is 0 Å². The lowest BCUT2D eigenvalue weighted by molar-refractivity contribution is -0.143. The fourth-order valence-corrected chi connectivity index (χ4v) is 5.64. The Bertz CT molecular complexity index is 1370. The average molecular weight is 583 g/mol.